The molecular weight excluding hydrogens is 356 g/mol. The van der Waals surface area contributed by atoms with Crippen molar-refractivity contribution < 1.29 is 9.59 Å². The average molecular weight is 386 g/mol. The Morgan fingerprint density at radius 1 is 0.667 bits per heavy atom. The van der Waals surface area contributed by atoms with Crippen molar-refractivity contribution in [1.82, 2.24) is 19.6 Å². The van der Waals surface area contributed by atoms with Gasteiger partial charge in [0, 0.05) is 58.9 Å². The Kier molecular flexibility index (Phi) is 11.2. The van der Waals surface area contributed by atoms with E-state index >= 15 is 0 Å². The van der Waals surface area contributed by atoms with Crippen LogP contribution in [0.5, 0.6) is 0 Å². The van der Waals surface area contributed by atoms with Gasteiger partial charge in [-0.3, -0.25) is 29.2 Å². The van der Waals surface area contributed by atoms with Crippen LogP contribution in [0.3, 0.4) is 0 Å². The average Bonchev–Trinajstić information content (AvgIpc) is 2.60. The Labute approximate surface area is 158 Å². The van der Waals surface area contributed by atoms with Crippen LogP contribution >= 0.6 is 0 Å². The number of amides is 2. The lowest BCUT2D eigenvalue weighted by Crippen LogP contribution is -2.49. The fourth-order valence-corrected chi connectivity index (χ4v) is 2.96. The summed E-state index contributed by atoms with van der Waals surface area (Å²) in [7, 11) is 0. The molecule has 0 radical (unpaired) electrons. The maximum absolute atomic E-state index is 11.3. The van der Waals surface area contributed by atoms with Gasteiger partial charge in [-0.05, 0) is 0 Å². The van der Waals surface area contributed by atoms with Crippen LogP contribution in [-0.2, 0) is 9.59 Å². The first kappa shape index (κ1) is 23.0. The number of hydrogen-bond donors (Lipinski definition) is 2. The molecule has 0 aromatic rings. The molecule has 0 saturated carbocycles. The van der Waals surface area contributed by atoms with E-state index in [1.54, 1.807) is 0 Å². The minimum atomic E-state index is -0.434. The van der Waals surface area contributed by atoms with Crippen molar-refractivity contribution in [3.05, 3.63) is 9.81 Å². The second kappa shape index (κ2) is 13.2. The van der Waals surface area contributed by atoms with E-state index in [9.17, 15) is 19.4 Å². The molecule has 4 N–H and O–H groups in total. The molecule has 2 amide bonds. The summed E-state index contributed by atoms with van der Waals surface area (Å²) >= 11 is 0. The van der Waals surface area contributed by atoms with E-state index in [1.807, 2.05) is 14.7 Å². The van der Waals surface area contributed by atoms with Crippen LogP contribution in [0.25, 0.3) is 0 Å². The summed E-state index contributed by atoms with van der Waals surface area (Å²) in [6.45, 7) is 5.55. The Morgan fingerprint density at radius 3 is 1.44 bits per heavy atom. The van der Waals surface area contributed by atoms with Crippen LogP contribution in [0.2, 0.25) is 0 Å². The Balaban J connectivity index is 2.83. The Hall–Kier alpha value is -2.02. The van der Waals surface area contributed by atoms with E-state index in [1.165, 1.54) is 0 Å². The number of primary amides is 2. The number of hydrogen-bond acceptors (Lipinski definition) is 10. The molecule has 0 spiro atoms. The molecule has 0 aromatic carbocycles. The molecule has 1 aliphatic heterocycles. The quantitative estimate of drug-likeness (QED) is 0.418. The van der Waals surface area contributed by atoms with Gasteiger partial charge in [-0.2, -0.15) is 4.91 Å². The van der Waals surface area contributed by atoms with Crippen molar-refractivity contribution in [2.24, 2.45) is 21.8 Å². The molecule has 0 aromatic heterocycles. The molecule has 0 bridgehead atoms. The standard InChI is InChI=1S/C15H30N8O4/c16-14(24)11-21-5-3-20(2-1-18-26)4-9-23(13-19-27)10-8-22(7-6-21)12-15(17)25/h1-13H2,(H2,16,24)(H2,17,25). The van der Waals surface area contributed by atoms with Gasteiger partial charge in [0.1, 0.15) is 6.67 Å². The van der Waals surface area contributed by atoms with Gasteiger partial charge in [0.25, 0.3) is 0 Å². The van der Waals surface area contributed by atoms with E-state index in [0.717, 1.165) is 0 Å². The molecular formula is C15H30N8O4. The smallest absolute Gasteiger partial charge is 0.231 e. The van der Waals surface area contributed by atoms with Gasteiger partial charge < -0.3 is 11.5 Å². The SMILES string of the molecule is NC(=O)CN1CCN(CCN=O)CCN(CN=O)CCN(CC(N)=O)CC1. The topological polar surface area (TPSA) is 158 Å². The van der Waals surface area contributed by atoms with E-state index in [4.69, 9.17) is 11.5 Å². The molecule has 0 aliphatic carbocycles. The summed E-state index contributed by atoms with van der Waals surface area (Å²) in [6, 6.07) is 0. The van der Waals surface area contributed by atoms with Gasteiger partial charge in [-0.15, -0.1) is 4.91 Å². The van der Waals surface area contributed by atoms with Crippen LogP contribution in [0.15, 0.2) is 10.4 Å². The predicted molar refractivity (Wildman–Crippen MR) is 101 cm³/mol. The molecule has 0 atom stereocenters. The van der Waals surface area contributed by atoms with Crippen molar-refractivity contribution in [1.29, 1.82) is 0 Å². The fourth-order valence-electron chi connectivity index (χ4n) is 2.96. The summed E-state index contributed by atoms with van der Waals surface area (Å²) in [5.41, 5.74) is 10.7. The summed E-state index contributed by atoms with van der Waals surface area (Å²) in [5, 5.41) is 5.87. The molecule has 0 unspecified atom stereocenters. The molecule has 1 saturated heterocycles. The normalized spacial score (nSPS) is 19.7. The number of nitrogens with zero attached hydrogens (tertiary/aromatic N) is 6. The summed E-state index contributed by atoms with van der Waals surface area (Å²) in [5.74, 6) is -0.857. The largest absolute Gasteiger partial charge is 0.369 e. The van der Waals surface area contributed by atoms with Crippen molar-refractivity contribution in [3.8, 4) is 0 Å². The first-order valence-electron chi connectivity index (χ1n) is 8.99. The van der Waals surface area contributed by atoms with Crippen LogP contribution in [-0.4, -0.2) is 117 Å². The summed E-state index contributed by atoms with van der Waals surface area (Å²) < 4.78 is 0. The molecule has 12 nitrogen and oxygen atoms in total. The highest BCUT2D eigenvalue weighted by Gasteiger charge is 2.18. The lowest BCUT2D eigenvalue weighted by atomic mass is 10.3. The zero-order valence-corrected chi connectivity index (χ0v) is 15.7. The van der Waals surface area contributed by atoms with Gasteiger partial charge in [0.05, 0.1) is 19.6 Å². The lowest BCUT2D eigenvalue weighted by Gasteiger charge is -2.32. The Morgan fingerprint density at radius 2 is 1.07 bits per heavy atom. The third kappa shape index (κ3) is 10.7. The van der Waals surface area contributed by atoms with Crippen molar-refractivity contribution in [3.63, 3.8) is 0 Å². The van der Waals surface area contributed by atoms with E-state index in [-0.39, 0.29) is 26.3 Å². The van der Waals surface area contributed by atoms with Gasteiger partial charge in [-0.1, -0.05) is 10.4 Å². The van der Waals surface area contributed by atoms with E-state index in [2.05, 4.69) is 15.3 Å². The second-order valence-corrected chi connectivity index (χ2v) is 6.57. The van der Waals surface area contributed by atoms with Gasteiger partial charge in [0.2, 0.25) is 11.8 Å². The summed E-state index contributed by atoms with van der Waals surface area (Å²) in [6.07, 6.45) is 0. The fraction of sp³-hybridized carbons (Fsp3) is 0.867. The third-order valence-electron chi connectivity index (χ3n) is 4.45. The first-order chi connectivity index (χ1) is 12.9. The highest BCUT2D eigenvalue weighted by Crippen LogP contribution is 2.01. The van der Waals surface area contributed by atoms with Gasteiger partial charge in [-0.25, -0.2) is 0 Å². The highest BCUT2D eigenvalue weighted by molar-refractivity contribution is 5.76. The zero-order chi connectivity index (χ0) is 20.1. The first-order valence-corrected chi connectivity index (χ1v) is 8.99. The molecule has 27 heavy (non-hydrogen) atoms. The van der Waals surface area contributed by atoms with Crippen LogP contribution in [0.4, 0.5) is 0 Å². The summed E-state index contributed by atoms with van der Waals surface area (Å²) in [4.78, 5) is 51.6. The van der Waals surface area contributed by atoms with Crippen LogP contribution < -0.4 is 11.5 Å². The maximum Gasteiger partial charge on any atom is 0.231 e. The number of carbonyl (C=O) groups is 2. The van der Waals surface area contributed by atoms with Crippen molar-refractivity contribution in [2.75, 3.05) is 85.2 Å². The Bertz CT molecular complexity index is 492. The number of nitrogens with two attached hydrogens (primary N) is 2. The third-order valence-corrected chi connectivity index (χ3v) is 4.45. The number of carbonyl (C=O) groups excluding carboxylic acids is 2. The minimum Gasteiger partial charge on any atom is -0.369 e. The zero-order valence-electron chi connectivity index (χ0n) is 15.7. The van der Waals surface area contributed by atoms with E-state index < -0.39 is 11.8 Å². The molecule has 1 aliphatic rings. The number of nitroso groups, excluding NO2 is 2. The van der Waals surface area contributed by atoms with Crippen molar-refractivity contribution in [2.45, 2.75) is 0 Å². The molecule has 1 rings (SSSR count). The lowest BCUT2D eigenvalue weighted by molar-refractivity contribution is -0.120. The monoisotopic (exact) mass is 386 g/mol. The van der Waals surface area contributed by atoms with Crippen LogP contribution in [0.1, 0.15) is 0 Å². The number of rotatable bonds is 9. The highest BCUT2D eigenvalue weighted by atomic mass is 16.3. The van der Waals surface area contributed by atoms with E-state index in [0.29, 0.717) is 58.9 Å². The molecule has 154 valence electrons. The van der Waals surface area contributed by atoms with Crippen molar-refractivity contribution >= 4 is 11.8 Å². The molecule has 12 heteroatoms. The second-order valence-electron chi connectivity index (χ2n) is 6.57. The van der Waals surface area contributed by atoms with Gasteiger partial charge >= 0.3 is 0 Å². The molecule has 1 heterocycles. The molecule has 1 fully saturated rings. The van der Waals surface area contributed by atoms with Gasteiger partial charge in [0.15, 0.2) is 0 Å². The van der Waals surface area contributed by atoms with Crippen LogP contribution in [0, 0.1) is 9.81 Å². The predicted octanol–water partition coefficient (Wildman–Crippen LogP) is -2.33. The minimum absolute atomic E-state index is 0.0536. The maximum atomic E-state index is 11.3.